The molecule has 0 spiro atoms. The number of H-pyrrole nitrogens is 1. The molecule has 3 rings (SSSR count). The summed E-state index contributed by atoms with van der Waals surface area (Å²) in [6, 6.07) is 6.11. The number of hydrogen-bond acceptors (Lipinski definition) is 4. The summed E-state index contributed by atoms with van der Waals surface area (Å²) in [6.07, 6.45) is 2.53. The fourth-order valence-corrected chi connectivity index (χ4v) is 2.71. The van der Waals surface area contributed by atoms with Gasteiger partial charge in [-0.15, -0.1) is 0 Å². The van der Waals surface area contributed by atoms with Crippen LogP contribution in [0.2, 0.25) is 0 Å². The number of nitrogens with one attached hydrogen (secondary N) is 1. The molecule has 0 radical (unpaired) electrons. The maximum atomic E-state index is 11.1. The Morgan fingerprint density at radius 3 is 3.10 bits per heavy atom. The molecule has 0 fully saturated rings. The van der Waals surface area contributed by atoms with Crippen molar-refractivity contribution in [1.29, 1.82) is 0 Å². The Labute approximate surface area is 122 Å². The van der Waals surface area contributed by atoms with Crippen molar-refractivity contribution >= 4 is 5.97 Å². The average Bonchev–Trinajstić information content (AvgIpc) is 2.95. The number of methoxy groups -OCH3 is 1. The molecule has 1 aromatic heterocycles. The second-order valence-corrected chi connectivity index (χ2v) is 5.17. The lowest BCUT2D eigenvalue weighted by Gasteiger charge is -2.28. The van der Waals surface area contributed by atoms with Gasteiger partial charge >= 0.3 is 5.97 Å². The van der Waals surface area contributed by atoms with Crippen LogP contribution >= 0.6 is 0 Å². The van der Waals surface area contributed by atoms with Gasteiger partial charge in [-0.05, 0) is 29.7 Å². The Morgan fingerprint density at radius 1 is 1.48 bits per heavy atom. The van der Waals surface area contributed by atoms with Crippen molar-refractivity contribution in [2.24, 2.45) is 0 Å². The third-order valence-electron chi connectivity index (χ3n) is 3.83. The molecule has 0 aliphatic carbocycles. The number of rotatable bonds is 4. The zero-order chi connectivity index (χ0) is 14.8. The highest BCUT2D eigenvalue weighted by Gasteiger charge is 2.20. The summed E-state index contributed by atoms with van der Waals surface area (Å²) in [4.78, 5) is 13.3. The number of fused-ring (bicyclic) bond motifs is 1. The third kappa shape index (κ3) is 2.75. The minimum absolute atomic E-state index is 0.176. The Morgan fingerprint density at radius 2 is 2.33 bits per heavy atom. The van der Waals surface area contributed by atoms with Gasteiger partial charge in [-0.25, -0.2) is 4.79 Å². The van der Waals surface area contributed by atoms with Crippen LogP contribution in [-0.2, 0) is 19.5 Å². The normalized spacial score (nSPS) is 14.7. The van der Waals surface area contributed by atoms with Gasteiger partial charge in [0.2, 0.25) is 0 Å². The number of nitrogens with zero attached hydrogens (tertiary/aromatic N) is 2. The number of ether oxygens (including phenoxy) is 1. The zero-order valence-electron chi connectivity index (χ0n) is 11.8. The summed E-state index contributed by atoms with van der Waals surface area (Å²) < 4.78 is 5.24. The van der Waals surface area contributed by atoms with E-state index in [1.165, 1.54) is 11.1 Å². The van der Waals surface area contributed by atoms with E-state index in [0.717, 1.165) is 30.8 Å². The Balaban J connectivity index is 1.74. The van der Waals surface area contributed by atoms with E-state index in [0.29, 0.717) is 6.54 Å². The van der Waals surface area contributed by atoms with Crippen LogP contribution in [0.1, 0.15) is 27.2 Å². The van der Waals surface area contributed by atoms with Crippen LogP contribution < -0.4 is 4.74 Å². The zero-order valence-corrected chi connectivity index (χ0v) is 11.8. The molecule has 2 N–H and O–H groups in total. The Hall–Kier alpha value is -2.34. The molecule has 0 amide bonds. The van der Waals surface area contributed by atoms with Crippen molar-refractivity contribution in [3.8, 4) is 5.75 Å². The first-order chi connectivity index (χ1) is 10.2. The van der Waals surface area contributed by atoms with Gasteiger partial charge in [0.15, 0.2) is 0 Å². The topological polar surface area (TPSA) is 78.5 Å². The van der Waals surface area contributed by atoms with Crippen LogP contribution in [0.15, 0.2) is 24.4 Å². The second-order valence-electron chi connectivity index (χ2n) is 5.17. The van der Waals surface area contributed by atoms with Gasteiger partial charge in [-0.2, -0.15) is 5.10 Å². The molecule has 6 heteroatoms. The van der Waals surface area contributed by atoms with E-state index in [1.54, 1.807) is 13.3 Å². The van der Waals surface area contributed by atoms with E-state index >= 15 is 0 Å². The lowest BCUT2D eigenvalue weighted by Crippen LogP contribution is -2.30. The van der Waals surface area contributed by atoms with Gasteiger partial charge in [0.1, 0.15) is 11.4 Å². The summed E-state index contributed by atoms with van der Waals surface area (Å²) >= 11 is 0. The van der Waals surface area contributed by atoms with E-state index in [1.807, 2.05) is 6.07 Å². The first-order valence-electron chi connectivity index (χ1n) is 6.81. The van der Waals surface area contributed by atoms with E-state index < -0.39 is 5.97 Å². The summed E-state index contributed by atoms with van der Waals surface area (Å²) in [5, 5.41) is 15.5. The Bertz CT molecular complexity index is 666. The van der Waals surface area contributed by atoms with Crippen LogP contribution in [0.25, 0.3) is 0 Å². The van der Waals surface area contributed by atoms with E-state index in [-0.39, 0.29) is 5.69 Å². The average molecular weight is 287 g/mol. The maximum Gasteiger partial charge on any atom is 0.354 e. The van der Waals surface area contributed by atoms with Crippen molar-refractivity contribution in [1.82, 2.24) is 15.1 Å². The largest absolute Gasteiger partial charge is 0.497 e. The molecule has 0 saturated heterocycles. The first-order valence-corrected chi connectivity index (χ1v) is 6.81. The molecule has 21 heavy (non-hydrogen) atoms. The number of carbonyl (C=O) groups is 1. The van der Waals surface area contributed by atoms with E-state index in [9.17, 15) is 4.79 Å². The van der Waals surface area contributed by atoms with Crippen molar-refractivity contribution in [3.05, 3.63) is 46.8 Å². The molecule has 2 heterocycles. The highest BCUT2D eigenvalue weighted by atomic mass is 16.5. The fourth-order valence-electron chi connectivity index (χ4n) is 2.71. The smallest absolute Gasteiger partial charge is 0.354 e. The molecule has 0 saturated carbocycles. The van der Waals surface area contributed by atoms with E-state index in [2.05, 4.69) is 27.2 Å². The van der Waals surface area contributed by atoms with Gasteiger partial charge in [-0.1, -0.05) is 6.07 Å². The molecule has 0 bridgehead atoms. The van der Waals surface area contributed by atoms with Gasteiger partial charge < -0.3 is 9.84 Å². The van der Waals surface area contributed by atoms with Crippen LogP contribution in [0.4, 0.5) is 0 Å². The van der Waals surface area contributed by atoms with Gasteiger partial charge in [0.25, 0.3) is 0 Å². The Kier molecular flexibility index (Phi) is 3.62. The molecule has 1 aromatic carbocycles. The molecule has 110 valence electrons. The SMILES string of the molecule is COc1ccc2c(c1)CCN(Cc1cn[nH]c1C(=O)O)C2. The lowest BCUT2D eigenvalue weighted by atomic mass is 9.99. The number of benzene rings is 1. The molecule has 1 aliphatic rings. The summed E-state index contributed by atoms with van der Waals surface area (Å²) in [5.74, 6) is -0.0881. The highest BCUT2D eigenvalue weighted by Crippen LogP contribution is 2.24. The third-order valence-corrected chi connectivity index (χ3v) is 3.83. The van der Waals surface area contributed by atoms with Crippen LogP contribution in [0.5, 0.6) is 5.75 Å². The van der Waals surface area contributed by atoms with Crippen molar-refractivity contribution in [2.75, 3.05) is 13.7 Å². The standard InChI is InChI=1S/C15H17N3O3/c1-21-13-3-2-11-8-18(5-4-10(11)6-13)9-12-7-16-17-14(12)15(19)20/h2-3,6-7H,4-5,8-9H2,1H3,(H,16,17)(H,19,20). The lowest BCUT2D eigenvalue weighted by molar-refractivity contribution is 0.0688. The van der Waals surface area contributed by atoms with Gasteiger partial charge in [0.05, 0.1) is 13.3 Å². The molecular formula is C15H17N3O3. The summed E-state index contributed by atoms with van der Waals surface area (Å²) in [7, 11) is 1.67. The number of aromatic nitrogens is 2. The summed E-state index contributed by atoms with van der Waals surface area (Å²) in [6.45, 7) is 2.29. The molecular weight excluding hydrogens is 270 g/mol. The predicted octanol–water partition coefficient (Wildman–Crippen LogP) is 1.67. The number of aromatic carboxylic acids is 1. The van der Waals surface area contributed by atoms with Crippen molar-refractivity contribution < 1.29 is 14.6 Å². The highest BCUT2D eigenvalue weighted by molar-refractivity contribution is 5.86. The van der Waals surface area contributed by atoms with Crippen molar-refractivity contribution in [3.63, 3.8) is 0 Å². The van der Waals surface area contributed by atoms with Gasteiger partial charge in [-0.3, -0.25) is 10.00 Å². The fraction of sp³-hybridized carbons (Fsp3) is 0.333. The van der Waals surface area contributed by atoms with Crippen LogP contribution in [0.3, 0.4) is 0 Å². The minimum atomic E-state index is -0.968. The van der Waals surface area contributed by atoms with Gasteiger partial charge in [0, 0.05) is 25.2 Å². The molecule has 0 unspecified atom stereocenters. The number of hydrogen-bond donors (Lipinski definition) is 2. The van der Waals surface area contributed by atoms with Crippen molar-refractivity contribution in [2.45, 2.75) is 19.5 Å². The van der Waals surface area contributed by atoms with E-state index in [4.69, 9.17) is 9.84 Å². The summed E-state index contributed by atoms with van der Waals surface area (Å²) in [5.41, 5.74) is 3.47. The minimum Gasteiger partial charge on any atom is -0.497 e. The number of carboxylic acid groups (broad SMARTS) is 1. The predicted molar refractivity (Wildman–Crippen MR) is 76.4 cm³/mol. The van der Waals surface area contributed by atoms with Crippen LogP contribution in [-0.4, -0.2) is 39.8 Å². The molecule has 1 aliphatic heterocycles. The quantitative estimate of drug-likeness (QED) is 0.894. The molecule has 6 nitrogen and oxygen atoms in total. The first kappa shape index (κ1) is 13.6. The second kappa shape index (κ2) is 5.57. The molecule has 2 aromatic rings. The maximum absolute atomic E-state index is 11.1. The number of carboxylic acids is 1. The molecule has 0 atom stereocenters. The monoisotopic (exact) mass is 287 g/mol. The number of aromatic amines is 1. The van der Waals surface area contributed by atoms with Crippen LogP contribution in [0, 0.1) is 0 Å².